The van der Waals surface area contributed by atoms with Crippen molar-refractivity contribution in [2.24, 2.45) is 4.99 Å². The normalized spacial score (nSPS) is 21.5. The summed E-state index contributed by atoms with van der Waals surface area (Å²) >= 11 is 0. The zero-order valence-electron chi connectivity index (χ0n) is 15.8. The molecule has 3 aromatic carbocycles. The van der Waals surface area contributed by atoms with E-state index in [4.69, 9.17) is 9.73 Å². The highest BCUT2D eigenvalue weighted by Crippen LogP contribution is 2.54. The molecule has 0 N–H and O–H groups in total. The Balaban J connectivity index is 1.70. The number of benzene rings is 3. The van der Waals surface area contributed by atoms with E-state index in [9.17, 15) is 10.1 Å². The fourth-order valence-corrected chi connectivity index (χ4v) is 4.56. The van der Waals surface area contributed by atoms with Crippen molar-refractivity contribution in [3.63, 3.8) is 0 Å². The van der Waals surface area contributed by atoms with Crippen molar-refractivity contribution in [1.82, 2.24) is 0 Å². The molecule has 28 heavy (non-hydrogen) atoms. The third-order valence-electron chi connectivity index (χ3n) is 6.14. The third-order valence-corrected chi connectivity index (χ3v) is 6.14. The molecule has 2 aliphatic rings. The van der Waals surface area contributed by atoms with E-state index in [0.717, 1.165) is 5.69 Å². The Morgan fingerprint density at radius 3 is 2.57 bits per heavy atom. The number of non-ortho nitro benzene ring substituents is 1. The van der Waals surface area contributed by atoms with Crippen molar-refractivity contribution < 1.29 is 9.66 Å². The lowest BCUT2D eigenvalue weighted by molar-refractivity contribution is -0.383. The molecule has 0 saturated heterocycles. The van der Waals surface area contributed by atoms with E-state index in [1.165, 1.54) is 11.6 Å². The van der Waals surface area contributed by atoms with E-state index in [-0.39, 0.29) is 16.0 Å². The summed E-state index contributed by atoms with van der Waals surface area (Å²) in [5.74, 6) is 0.628. The lowest BCUT2D eigenvalue weighted by atomic mass is 9.77. The van der Waals surface area contributed by atoms with E-state index in [1.54, 1.807) is 18.2 Å². The summed E-state index contributed by atoms with van der Waals surface area (Å²) < 4.78 is 6.61. The second-order valence-electron chi connectivity index (χ2n) is 7.80. The SMILES string of the molecule is CN1c2ccccc2C(C)(C)[C@@]12C=Nc1c(ccc3c([N+](=O)[O-])cccc13)O2. The molecular formula is C22H19N3O3. The number of fused-ring (bicyclic) bond motifs is 4. The van der Waals surface area contributed by atoms with Gasteiger partial charge in [-0.3, -0.25) is 15.1 Å². The first-order chi connectivity index (χ1) is 13.4. The molecule has 0 unspecified atom stereocenters. The molecule has 1 atom stereocenters. The molecule has 0 aromatic heterocycles. The molecule has 6 nitrogen and oxygen atoms in total. The largest absolute Gasteiger partial charge is 0.459 e. The maximum Gasteiger partial charge on any atom is 0.277 e. The van der Waals surface area contributed by atoms with Crippen molar-refractivity contribution in [2.75, 3.05) is 11.9 Å². The van der Waals surface area contributed by atoms with Crippen molar-refractivity contribution >= 4 is 34.0 Å². The van der Waals surface area contributed by atoms with E-state index >= 15 is 0 Å². The molecule has 0 bridgehead atoms. The molecular weight excluding hydrogens is 354 g/mol. The van der Waals surface area contributed by atoms with Crippen LogP contribution in [0.4, 0.5) is 17.1 Å². The molecule has 0 aliphatic carbocycles. The number of rotatable bonds is 1. The highest BCUT2D eigenvalue weighted by molar-refractivity contribution is 6.03. The Morgan fingerprint density at radius 2 is 1.82 bits per heavy atom. The van der Waals surface area contributed by atoms with Crippen LogP contribution in [-0.4, -0.2) is 23.9 Å². The number of hydrogen-bond acceptors (Lipinski definition) is 5. The molecule has 2 heterocycles. The molecule has 0 radical (unpaired) electrons. The minimum absolute atomic E-state index is 0.0708. The van der Waals surface area contributed by atoms with Crippen LogP contribution < -0.4 is 9.64 Å². The topological polar surface area (TPSA) is 68.0 Å². The van der Waals surface area contributed by atoms with Crippen molar-refractivity contribution in [3.8, 4) is 5.75 Å². The lowest BCUT2D eigenvalue weighted by Gasteiger charge is -2.44. The van der Waals surface area contributed by atoms with E-state index in [1.807, 2.05) is 31.5 Å². The summed E-state index contributed by atoms with van der Waals surface area (Å²) in [6.45, 7) is 4.30. The van der Waals surface area contributed by atoms with Gasteiger partial charge in [-0.1, -0.05) is 30.3 Å². The Morgan fingerprint density at radius 1 is 1.04 bits per heavy atom. The second-order valence-corrected chi connectivity index (χ2v) is 7.80. The van der Waals surface area contributed by atoms with Gasteiger partial charge in [-0.15, -0.1) is 0 Å². The zero-order valence-corrected chi connectivity index (χ0v) is 15.8. The molecule has 1 spiro atoms. The molecule has 0 amide bonds. The van der Waals surface area contributed by atoms with Crippen molar-refractivity contribution in [2.45, 2.75) is 25.0 Å². The number of nitro groups is 1. The number of hydrogen-bond donors (Lipinski definition) is 0. The van der Waals surface area contributed by atoms with Crippen LogP contribution in [0.1, 0.15) is 19.4 Å². The van der Waals surface area contributed by atoms with E-state index < -0.39 is 5.72 Å². The Kier molecular flexibility index (Phi) is 3.18. The fraction of sp³-hybridized carbons (Fsp3) is 0.227. The molecule has 0 fully saturated rings. The Bertz CT molecular complexity index is 1180. The van der Waals surface area contributed by atoms with Crippen LogP contribution in [0, 0.1) is 10.1 Å². The van der Waals surface area contributed by atoms with Crippen molar-refractivity contribution in [3.05, 3.63) is 70.3 Å². The molecule has 6 heteroatoms. The van der Waals surface area contributed by atoms with Gasteiger partial charge >= 0.3 is 0 Å². The van der Waals surface area contributed by atoms with E-state index in [0.29, 0.717) is 22.2 Å². The maximum atomic E-state index is 11.4. The number of nitro benzene ring substituents is 1. The quantitative estimate of drug-likeness (QED) is 0.446. The summed E-state index contributed by atoms with van der Waals surface area (Å²) in [7, 11) is 2.01. The predicted octanol–water partition coefficient (Wildman–Crippen LogP) is 4.97. The van der Waals surface area contributed by atoms with Crippen LogP contribution in [0.25, 0.3) is 10.8 Å². The average molecular weight is 373 g/mol. The van der Waals surface area contributed by atoms with Crippen molar-refractivity contribution in [1.29, 1.82) is 0 Å². The number of para-hydroxylation sites is 1. The highest BCUT2D eigenvalue weighted by atomic mass is 16.6. The smallest absolute Gasteiger partial charge is 0.277 e. The number of ether oxygens (including phenoxy) is 1. The van der Waals surface area contributed by atoms with Gasteiger partial charge in [0.15, 0.2) is 0 Å². The molecule has 140 valence electrons. The van der Waals surface area contributed by atoms with Gasteiger partial charge in [0, 0.05) is 24.2 Å². The van der Waals surface area contributed by atoms with E-state index in [2.05, 4.69) is 30.9 Å². The standard InChI is InChI=1S/C22H19N3O3/c1-21(2)16-8-4-5-9-18(16)24(3)22(21)13-23-20-15-7-6-10-17(25(26)27)14(15)11-12-19(20)28-22/h4-13H,1-3H3/t22-/m0/s1. The summed E-state index contributed by atoms with van der Waals surface area (Å²) in [5, 5.41) is 12.6. The van der Waals surface area contributed by atoms with Gasteiger partial charge in [0.25, 0.3) is 5.69 Å². The number of aliphatic imine (C=N–C) groups is 1. The summed E-state index contributed by atoms with van der Waals surface area (Å²) in [6.07, 6.45) is 1.84. The van der Waals surface area contributed by atoms with Crippen LogP contribution in [0.5, 0.6) is 5.75 Å². The van der Waals surface area contributed by atoms with Crippen LogP contribution in [0.3, 0.4) is 0 Å². The third kappa shape index (κ3) is 1.89. The van der Waals surface area contributed by atoms with Gasteiger partial charge in [0.1, 0.15) is 11.4 Å². The minimum Gasteiger partial charge on any atom is -0.459 e. The molecule has 5 rings (SSSR count). The fourth-order valence-electron chi connectivity index (χ4n) is 4.56. The van der Waals surface area contributed by atoms with Crippen LogP contribution >= 0.6 is 0 Å². The van der Waals surface area contributed by atoms with Gasteiger partial charge in [0.2, 0.25) is 5.72 Å². The Hall–Kier alpha value is -3.41. The minimum atomic E-state index is -0.766. The number of nitrogens with zero attached hydrogens (tertiary/aromatic N) is 3. The zero-order chi connectivity index (χ0) is 19.7. The van der Waals surface area contributed by atoms with Crippen LogP contribution in [-0.2, 0) is 5.41 Å². The van der Waals surface area contributed by atoms with Gasteiger partial charge in [-0.2, -0.15) is 0 Å². The van der Waals surface area contributed by atoms with Crippen LogP contribution in [0.2, 0.25) is 0 Å². The number of likely N-dealkylation sites (N-methyl/N-ethyl adjacent to an activating group) is 1. The van der Waals surface area contributed by atoms with Gasteiger partial charge in [-0.05, 0) is 37.6 Å². The van der Waals surface area contributed by atoms with Gasteiger partial charge < -0.3 is 9.64 Å². The predicted molar refractivity (Wildman–Crippen MR) is 110 cm³/mol. The number of anilines is 1. The van der Waals surface area contributed by atoms with Crippen LogP contribution in [0.15, 0.2) is 59.6 Å². The summed E-state index contributed by atoms with van der Waals surface area (Å²) in [6, 6.07) is 16.8. The van der Waals surface area contributed by atoms with Gasteiger partial charge in [0.05, 0.1) is 21.9 Å². The second kappa shape index (κ2) is 5.32. The first-order valence-electron chi connectivity index (χ1n) is 9.14. The highest BCUT2D eigenvalue weighted by Gasteiger charge is 2.58. The summed E-state index contributed by atoms with van der Waals surface area (Å²) in [4.78, 5) is 17.9. The Labute approximate surface area is 162 Å². The first kappa shape index (κ1) is 16.7. The monoisotopic (exact) mass is 373 g/mol. The molecule has 3 aromatic rings. The first-order valence-corrected chi connectivity index (χ1v) is 9.14. The average Bonchev–Trinajstić information content (AvgIpc) is 2.86. The lowest BCUT2D eigenvalue weighted by Crippen LogP contribution is -2.61. The maximum absolute atomic E-state index is 11.4. The summed E-state index contributed by atoms with van der Waals surface area (Å²) in [5.41, 5.74) is 1.91. The molecule has 0 saturated carbocycles. The van der Waals surface area contributed by atoms with Gasteiger partial charge in [-0.25, -0.2) is 0 Å². The molecule has 2 aliphatic heterocycles.